The van der Waals surface area contributed by atoms with Crippen molar-refractivity contribution < 1.29 is 9.90 Å². The van der Waals surface area contributed by atoms with Gasteiger partial charge in [0.1, 0.15) is 0 Å². The van der Waals surface area contributed by atoms with Crippen LogP contribution in [0.3, 0.4) is 0 Å². The molecule has 1 N–H and O–H groups in total. The first kappa shape index (κ1) is 10.0. The number of rotatable bonds is 3. The van der Waals surface area contributed by atoms with Gasteiger partial charge < -0.3 is 5.11 Å². The quantitative estimate of drug-likeness (QED) is 0.753. The zero-order valence-corrected chi connectivity index (χ0v) is 9.12. The largest absolute Gasteiger partial charge is 0.481 e. The van der Waals surface area contributed by atoms with Crippen molar-refractivity contribution in [1.29, 1.82) is 0 Å². The van der Waals surface area contributed by atoms with Gasteiger partial charge in [-0.1, -0.05) is 13.8 Å². The van der Waals surface area contributed by atoms with Crippen molar-refractivity contribution in [3.05, 3.63) is 0 Å². The maximum absolute atomic E-state index is 10.6. The molecule has 2 bridgehead atoms. The van der Waals surface area contributed by atoms with Crippen LogP contribution in [0.2, 0.25) is 0 Å². The highest BCUT2D eigenvalue weighted by molar-refractivity contribution is 5.66. The van der Waals surface area contributed by atoms with Crippen LogP contribution in [0.1, 0.15) is 46.0 Å². The zero-order chi connectivity index (χ0) is 10.3. The summed E-state index contributed by atoms with van der Waals surface area (Å²) in [6.45, 7) is 4.67. The molecule has 2 heteroatoms. The van der Waals surface area contributed by atoms with Crippen molar-refractivity contribution in [2.24, 2.45) is 23.2 Å². The molecule has 0 radical (unpaired) electrons. The maximum atomic E-state index is 10.6. The monoisotopic (exact) mass is 196 g/mol. The van der Waals surface area contributed by atoms with Crippen molar-refractivity contribution >= 4 is 5.97 Å². The Labute approximate surface area is 85.7 Å². The first-order chi connectivity index (χ1) is 6.51. The number of fused-ring (bicyclic) bond motifs is 2. The highest BCUT2D eigenvalue weighted by atomic mass is 16.4. The molecule has 2 aliphatic rings. The van der Waals surface area contributed by atoms with E-state index < -0.39 is 5.97 Å². The fourth-order valence-corrected chi connectivity index (χ4v) is 3.85. The molecule has 0 spiro atoms. The summed E-state index contributed by atoms with van der Waals surface area (Å²) >= 11 is 0. The molecule has 2 rings (SSSR count). The Bertz CT molecular complexity index is 245. The molecule has 2 saturated carbocycles. The van der Waals surface area contributed by atoms with Crippen LogP contribution in [0.4, 0.5) is 0 Å². The first-order valence-electron chi connectivity index (χ1n) is 5.73. The van der Waals surface area contributed by atoms with Crippen LogP contribution in [0.5, 0.6) is 0 Å². The number of aliphatic carboxylic acids is 1. The molecular weight excluding hydrogens is 176 g/mol. The van der Waals surface area contributed by atoms with Crippen molar-refractivity contribution in [3.63, 3.8) is 0 Å². The lowest BCUT2D eigenvalue weighted by molar-refractivity contribution is -0.137. The normalized spacial score (nSPS) is 38.9. The molecule has 2 fully saturated rings. The van der Waals surface area contributed by atoms with Crippen molar-refractivity contribution in [1.82, 2.24) is 0 Å². The van der Waals surface area contributed by atoms with Gasteiger partial charge >= 0.3 is 5.97 Å². The summed E-state index contributed by atoms with van der Waals surface area (Å²) in [4.78, 5) is 10.6. The third-order valence-electron chi connectivity index (χ3n) is 4.72. The standard InChI is InChI=1S/C12H20O2/c1-12(2)9-4-3-8(7-9)10(12)5-6-11(13)14/h8-10H,3-7H2,1-2H3,(H,13,14)/t8-,9+,10-/m0/s1. The molecule has 0 amide bonds. The molecular formula is C12H20O2. The molecule has 2 nitrogen and oxygen atoms in total. The number of carboxylic acids is 1. The van der Waals surface area contributed by atoms with Gasteiger partial charge in [0.25, 0.3) is 0 Å². The van der Waals surface area contributed by atoms with Gasteiger partial charge in [-0.2, -0.15) is 0 Å². The van der Waals surface area contributed by atoms with E-state index in [1.807, 2.05) is 0 Å². The van der Waals surface area contributed by atoms with E-state index in [-0.39, 0.29) is 0 Å². The Morgan fingerprint density at radius 2 is 2.14 bits per heavy atom. The minimum atomic E-state index is -0.636. The zero-order valence-electron chi connectivity index (χ0n) is 9.12. The average Bonchev–Trinajstić information content (AvgIpc) is 2.59. The predicted octanol–water partition coefficient (Wildman–Crippen LogP) is 2.92. The summed E-state index contributed by atoms with van der Waals surface area (Å²) < 4.78 is 0. The minimum absolute atomic E-state index is 0.358. The molecule has 0 aromatic rings. The molecule has 0 unspecified atom stereocenters. The number of carboxylic acid groups (broad SMARTS) is 1. The highest BCUT2D eigenvalue weighted by Gasteiger charge is 2.51. The van der Waals surface area contributed by atoms with Gasteiger partial charge in [-0.25, -0.2) is 0 Å². The van der Waals surface area contributed by atoms with Gasteiger partial charge in [0.15, 0.2) is 0 Å². The second kappa shape index (κ2) is 3.25. The fraction of sp³-hybridized carbons (Fsp3) is 0.917. The van der Waals surface area contributed by atoms with Crippen LogP contribution in [0.25, 0.3) is 0 Å². The molecule has 0 aromatic carbocycles. The molecule has 14 heavy (non-hydrogen) atoms. The van der Waals surface area contributed by atoms with E-state index in [1.54, 1.807) is 0 Å². The fourth-order valence-electron chi connectivity index (χ4n) is 3.85. The number of hydrogen-bond donors (Lipinski definition) is 1. The van der Waals surface area contributed by atoms with Gasteiger partial charge in [0.2, 0.25) is 0 Å². The Hall–Kier alpha value is -0.530. The van der Waals surface area contributed by atoms with E-state index in [2.05, 4.69) is 13.8 Å². The highest BCUT2D eigenvalue weighted by Crippen LogP contribution is 2.60. The topological polar surface area (TPSA) is 37.3 Å². The van der Waals surface area contributed by atoms with E-state index in [9.17, 15) is 4.79 Å². The smallest absolute Gasteiger partial charge is 0.303 e. The number of hydrogen-bond acceptors (Lipinski definition) is 1. The first-order valence-corrected chi connectivity index (χ1v) is 5.73. The van der Waals surface area contributed by atoms with E-state index in [0.29, 0.717) is 17.8 Å². The molecule has 80 valence electrons. The Kier molecular flexibility index (Phi) is 2.32. The summed E-state index contributed by atoms with van der Waals surface area (Å²) in [5, 5.41) is 8.71. The van der Waals surface area contributed by atoms with Gasteiger partial charge in [0, 0.05) is 6.42 Å². The van der Waals surface area contributed by atoms with Crippen LogP contribution in [-0.4, -0.2) is 11.1 Å². The molecule has 0 aromatic heterocycles. The lowest BCUT2D eigenvalue weighted by Gasteiger charge is -2.38. The summed E-state index contributed by atoms with van der Waals surface area (Å²) in [6.07, 6.45) is 5.33. The summed E-state index contributed by atoms with van der Waals surface area (Å²) in [7, 11) is 0. The van der Waals surface area contributed by atoms with Gasteiger partial charge in [-0.3, -0.25) is 4.79 Å². The van der Waals surface area contributed by atoms with Gasteiger partial charge in [-0.05, 0) is 48.9 Å². The summed E-state index contributed by atoms with van der Waals surface area (Å²) in [5.41, 5.74) is 0.401. The van der Waals surface area contributed by atoms with Crippen molar-refractivity contribution in [2.45, 2.75) is 46.0 Å². The lowest BCUT2D eigenvalue weighted by Crippen LogP contribution is -2.31. The van der Waals surface area contributed by atoms with Gasteiger partial charge in [0.05, 0.1) is 0 Å². The molecule has 3 atom stereocenters. The third-order valence-corrected chi connectivity index (χ3v) is 4.72. The Morgan fingerprint density at radius 3 is 2.64 bits per heavy atom. The summed E-state index contributed by atoms with van der Waals surface area (Å²) in [5.74, 6) is 1.72. The van der Waals surface area contributed by atoms with Crippen LogP contribution in [0, 0.1) is 23.2 Å². The van der Waals surface area contributed by atoms with Crippen LogP contribution >= 0.6 is 0 Å². The molecule has 0 heterocycles. The van der Waals surface area contributed by atoms with Crippen LogP contribution in [-0.2, 0) is 4.79 Å². The Morgan fingerprint density at radius 1 is 1.43 bits per heavy atom. The number of carbonyl (C=O) groups is 1. The SMILES string of the molecule is CC1(C)[C@@H]2CC[C@@H](C2)[C@@H]1CCC(=O)O. The van der Waals surface area contributed by atoms with E-state index in [4.69, 9.17) is 5.11 Å². The molecule has 2 aliphatic carbocycles. The van der Waals surface area contributed by atoms with Crippen LogP contribution in [0.15, 0.2) is 0 Å². The van der Waals surface area contributed by atoms with E-state index in [1.165, 1.54) is 19.3 Å². The van der Waals surface area contributed by atoms with E-state index >= 15 is 0 Å². The van der Waals surface area contributed by atoms with E-state index in [0.717, 1.165) is 18.3 Å². The minimum Gasteiger partial charge on any atom is -0.481 e. The Balaban J connectivity index is 2.01. The summed E-state index contributed by atoms with van der Waals surface area (Å²) in [6, 6.07) is 0. The van der Waals surface area contributed by atoms with Crippen molar-refractivity contribution in [3.8, 4) is 0 Å². The lowest BCUT2D eigenvalue weighted by atomic mass is 9.67. The second-order valence-electron chi connectivity index (χ2n) is 5.63. The third kappa shape index (κ3) is 1.45. The predicted molar refractivity (Wildman–Crippen MR) is 55.0 cm³/mol. The van der Waals surface area contributed by atoms with Crippen molar-refractivity contribution in [2.75, 3.05) is 0 Å². The molecule has 0 aliphatic heterocycles. The average molecular weight is 196 g/mol. The molecule has 0 saturated heterocycles. The second-order valence-corrected chi connectivity index (χ2v) is 5.63. The maximum Gasteiger partial charge on any atom is 0.303 e. The van der Waals surface area contributed by atoms with Gasteiger partial charge in [-0.15, -0.1) is 0 Å². The van der Waals surface area contributed by atoms with Crippen LogP contribution < -0.4 is 0 Å².